The average Bonchev–Trinajstić information content (AvgIpc) is 3.29. The van der Waals surface area contributed by atoms with Gasteiger partial charge in [0.1, 0.15) is 11.5 Å². The van der Waals surface area contributed by atoms with Crippen LogP contribution in [0, 0.1) is 0 Å². The topological polar surface area (TPSA) is 96.5 Å². The van der Waals surface area contributed by atoms with Crippen LogP contribution in [0.25, 0.3) is 23.1 Å². The van der Waals surface area contributed by atoms with E-state index in [1.165, 1.54) is 7.11 Å². The number of aromatic amines is 1. The van der Waals surface area contributed by atoms with Crippen molar-refractivity contribution in [1.82, 2.24) is 15.5 Å². The number of aliphatic hydroxyl groups is 1. The average molecular weight is 444 g/mol. The Morgan fingerprint density at radius 3 is 2.52 bits per heavy atom. The second-order valence-corrected chi connectivity index (χ2v) is 7.37. The molecule has 0 aliphatic heterocycles. The van der Waals surface area contributed by atoms with Crippen molar-refractivity contribution in [2.75, 3.05) is 20.8 Å². The minimum absolute atomic E-state index is 0.223. The van der Waals surface area contributed by atoms with Crippen molar-refractivity contribution < 1.29 is 19.4 Å². The SMILES string of the molecule is COc1ccccc1/C=C/c1[nH]nc2ccc(C(=O)N[C@H](CO)c3ccccc3)c(OC)c12. The van der Waals surface area contributed by atoms with Crippen LogP contribution in [0.3, 0.4) is 0 Å². The molecule has 168 valence electrons. The fourth-order valence-electron chi connectivity index (χ4n) is 3.75. The van der Waals surface area contributed by atoms with Crippen molar-refractivity contribution in [2.24, 2.45) is 0 Å². The standard InChI is InChI=1S/C26H25N3O4/c1-32-23-11-7-6-10-18(23)12-14-20-24-21(29-28-20)15-13-19(25(24)33-2)26(31)27-22(16-30)17-8-4-3-5-9-17/h3-15,22,30H,16H2,1-2H3,(H,27,31)(H,28,29)/b14-12+/t22-/m1/s1. The molecule has 3 N–H and O–H groups in total. The van der Waals surface area contributed by atoms with Crippen molar-refractivity contribution >= 4 is 29.0 Å². The molecule has 0 aliphatic carbocycles. The lowest BCUT2D eigenvalue weighted by molar-refractivity contribution is 0.0913. The van der Waals surface area contributed by atoms with E-state index in [1.807, 2.05) is 66.7 Å². The lowest BCUT2D eigenvalue weighted by Crippen LogP contribution is -2.31. The lowest BCUT2D eigenvalue weighted by Gasteiger charge is -2.18. The number of H-pyrrole nitrogens is 1. The molecule has 0 saturated carbocycles. The van der Waals surface area contributed by atoms with Crippen LogP contribution in [0.2, 0.25) is 0 Å². The molecule has 3 aromatic carbocycles. The molecule has 1 atom stereocenters. The molecular formula is C26H25N3O4. The molecule has 0 unspecified atom stereocenters. The molecule has 7 nitrogen and oxygen atoms in total. The Balaban J connectivity index is 1.69. The van der Waals surface area contributed by atoms with E-state index < -0.39 is 6.04 Å². The Kier molecular flexibility index (Phi) is 6.71. The predicted molar refractivity (Wildman–Crippen MR) is 128 cm³/mol. The zero-order chi connectivity index (χ0) is 23.2. The van der Waals surface area contributed by atoms with Gasteiger partial charge in [0.25, 0.3) is 5.91 Å². The van der Waals surface area contributed by atoms with Gasteiger partial charge in [0.05, 0.1) is 49.0 Å². The monoisotopic (exact) mass is 443 g/mol. The van der Waals surface area contributed by atoms with Crippen molar-refractivity contribution in [1.29, 1.82) is 0 Å². The summed E-state index contributed by atoms with van der Waals surface area (Å²) in [5.41, 5.74) is 3.45. The molecule has 33 heavy (non-hydrogen) atoms. The third kappa shape index (κ3) is 4.58. The van der Waals surface area contributed by atoms with E-state index in [2.05, 4.69) is 15.5 Å². The van der Waals surface area contributed by atoms with Crippen LogP contribution >= 0.6 is 0 Å². The highest BCUT2D eigenvalue weighted by Gasteiger charge is 2.21. The van der Waals surface area contributed by atoms with E-state index in [0.717, 1.165) is 16.9 Å². The molecule has 7 heteroatoms. The molecule has 4 aromatic rings. The van der Waals surface area contributed by atoms with Gasteiger partial charge in [0.2, 0.25) is 0 Å². The van der Waals surface area contributed by atoms with Gasteiger partial charge in [-0.2, -0.15) is 5.10 Å². The van der Waals surface area contributed by atoms with Crippen LogP contribution < -0.4 is 14.8 Å². The minimum atomic E-state index is -0.534. The number of para-hydroxylation sites is 1. The van der Waals surface area contributed by atoms with Gasteiger partial charge in [-0.05, 0) is 35.9 Å². The number of carbonyl (C=O) groups is 1. The molecule has 1 amide bonds. The number of amides is 1. The Morgan fingerprint density at radius 1 is 1.03 bits per heavy atom. The zero-order valence-corrected chi connectivity index (χ0v) is 18.4. The normalized spacial score (nSPS) is 12.1. The van der Waals surface area contributed by atoms with Crippen LogP contribution in [0.1, 0.15) is 33.2 Å². The second kappa shape index (κ2) is 10.0. The van der Waals surface area contributed by atoms with Crippen molar-refractivity contribution in [3.8, 4) is 11.5 Å². The number of aliphatic hydroxyl groups excluding tert-OH is 1. The highest BCUT2D eigenvalue weighted by molar-refractivity contribution is 6.05. The third-order valence-corrected chi connectivity index (χ3v) is 5.41. The number of methoxy groups -OCH3 is 2. The number of hydrogen-bond acceptors (Lipinski definition) is 5. The quantitative estimate of drug-likeness (QED) is 0.379. The van der Waals surface area contributed by atoms with Gasteiger partial charge in [-0.3, -0.25) is 9.89 Å². The van der Waals surface area contributed by atoms with Gasteiger partial charge in [-0.25, -0.2) is 0 Å². The highest BCUT2D eigenvalue weighted by atomic mass is 16.5. The Morgan fingerprint density at radius 2 is 1.79 bits per heavy atom. The van der Waals surface area contributed by atoms with E-state index in [0.29, 0.717) is 27.9 Å². The Labute approximate surface area is 191 Å². The first-order chi connectivity index (χ1) is 16.2. The summed E-state index contributed by atoms with van der Waals surface area (Å²) in [7, 11) is 3.15. The van der Waals surface area contributed by atoms with E-state index in [-0.39, 0.29) is 12.5 Å². The summed E-state index contributed by atoms with van der Waals surface area (Å²) in [4.78, 5) is 13.1. The highest BCUT2D eigenvalue weighted by Crippen LogP contribution is 2.33. The number of ether oxygens (including phenoxy) is 2. The summed E-state index contributed by atoms with van der Waals surface area (Å²) < 4.78 is 11.1. The van der Waals surface area contributed by atoms with Crippen molar-refractivity contribution in [3.05, 3.63) is 89.1 Å². The van der Waals surface area contributed by atoms with Gasteiger partial charge < -0.3 is 19.9 Å². The molecule has 0 aliphatic rings. The number of benzene rings is 3. The third-order valence-electron chi connectivity index (χ3n) is 5.41. The summed E-state index contributed by atoms with van der Waals surface area (Å²) in [6.07, 6.45) is 3.78. The maximum Gasteiger partial charge on any atom is 0.255 e. The fourth-order valence-corrected chi connectivity index (χ4v) is 3.75. The smallest absolute Gasteiger partial charge is 0.255 e. The molecule has 4 rings (SSSR count). The first-order valence-electron chi connectivity index (χ1n) is 10.5. The Bertz CT molecular complexity index is 1280. The first-order valence-corrected chi connectivity index (χ1v) is 10.5. The largest absolute Gasteiger partial charge is 0.496 e. The van der Waals surface area contributed by atoms with Crippen LogP contribution in [-0.2, 0) is 0 Å². The second-order valence-electron chi connectivity index (χ2n) is 7.37. The Hall–Kier alpha value is -4.10. The van der Waals surface area contributed by atoms with Gasteiger partial charge in [-0.1, -0.05) is 48.5 Å². The summed E-state index contributed by atoms with van der Waals surface area (Å²) in [6.45, 7) is -0.223. The molecule has 0 spiro atoms. The molecule has 0 fully saturated rings. The number of hydrogen-bond donors (Lipinski definition) is 3. The van der Waals surface area contributed by atoms with Gasteiger partial charge in [0, 0.05) is 5.56 Å². The molecular weight excluding hydrogens is 418 g/mol. The molecule has 1 aromatic heterocycles. The van der Waals surface area contributed by atoms with Crippen LogP contribution in [0.15, 0.2) is 66.7 Å². The molecule has 0 saturated heterocycles. The van der Waals surface area contributed by atoms with Gasteiger partial charge >= 0.3 is 0 Å². The summed E-state index contributed by atoms with van der Waals surface area (Å²) in [6, 6.07) is 19.9. The predicted octanol–water partition coefficient (Wildman–Crippen LogP) is 4.21. The van der Waals surface area contributed by atoms with E-state index in [1.54, 1.807) is 19.2 Å². The summed E-state index contributed by atoms with van der Waals surface area (Å²) >= 11 is 0. The summed E-state index contributed by atoms with van der Waals surface area (Å²) in [5, 5.41) is 20.8. The number of nitrogens with one attached hydrogen (secondary N) is 2. The van der Waals surface area contributed by atoms with Crippen molar-refractivity contribution in [3.63, 3.8) is 0 Å². The number of nitrogens with zero attached hydrogens (tertiary/aromatic N) is 1. The number of carbonyl (C=O) groups excluding carboxylic acids is 1. The van der Waals surface area contributed by atoms with E-state index >= 15 is 0 Å². The number of fused-ring (bicyclic) bond motifs is 1. The van der Waals surface area contributed by atoms with E-state index in [9.17, 15) is 9.90 Å². The first kappa shape index (κ1) is 22.1. The molecule has 1 heterocycles. The van der Waals surface area contributed by atoms with Gasteiger partial charge in [-0.15, -0.1) is 0 Å². The van der Waals surface area contributed by atoms with Crippen LogP contribution in [0.5, 0.6) is 11.5 Å². The maximum absolute atomic E-state index is 13.1. The zero-order valence-electron chi connectivity index (χ0n) is 18.4. The minimum Gasteiger partial charge on any atom is -0.496 e. The molecule has 0 bridgehead atoms. The lowest BCUT2D eigenvalue weighted by atomic mass is 10.0. The maximum atomic E-state index is 13.1. The van der Waals surface area contributed by atoms with Crippen LogP contribution in [-0.4, -0.2) is 42.0 Å². The summed E-state index contributed by atoms with van der Waals surface area (Å²) in [5.74, 6) is 0.807. The van der Waals surface area contributed by atoms with E-state index in [4.69, 9.17) is 9.47 Å². The number of aromatic nitrogens is 2. The van der Waals surface area contributed by atoms with Crippen molar-refractivity contribution in [2.45, 2.75) is 6.04 Å². The van der Waals surface area contributed by atoms with Gasteiger partial charge in [0.15, 0.2) is 0 Å². The van der Waals surface area contributed by atoms with Crippen LogP contribution in [0.4, 0.5) is 0 Å². The fraction of sp³-hybridized carbons (Fsp3) is 0.154. The molecule has 0 radical (unpaired) electrons. The number of rotatable bonds is 8.